The maximum atomic E-state index is 11.0. The van der Waals surface area contributed by atoms with E-state index in [0.29, 0.717) is 25.1 Å². The molecule has 8 heteroatoms. The van der Waals surface area contributed by atoms with Crippen LogP contribution >= 0.6 is 0 Å². The molecule has 5 rings (SSSR count). The quantitative estimate of drug-likeness (QED) is 0.537. The number of hydrogen-bond acceptors (Lipinski definition) is 8. The average molecular weight is 433 g/mol. The van der Waals surface area contributed by atoms with Crippen molar-refractivity contribution in [2.75, 3.05) is 23.7 Å². The Morgan fingerprint density at radius 3 is 2.72 bits per heavy atom. The zero-order valence-electron chi connectivity index (χ0n) is 18.1. The molecule has 166 valence electrons. The Morgan fingerprint density at radius 1 is 1.12 bits per heavy atom. The van der Waals surface area contributed by atoms with E-state index >= 15 is 0 Å². The third-order valence-electron chi connectivity index (χ3n) is 6.28. The molecule has 2 aromatic heterocycles. The van der Waals surface area contributed by atoms with Crippen molar-refractivity contribution < 1.29 is 9.21 Å². The van der Waals surface area contributed by atoms with E-state index in [1.54, 1.807) is 6.20 Å². The number of rotatable bonds is 7. The van der Waals surface area contributed by atoms with Gasteiger partial charge in [0.1, 0.15) is 12.1 Å². The molecule has 0 bridgehead atoms. The number of nitrogens with one attached hydrogen (secondary N) is 2. The highest BCUT2D eigenvalue weighted by molar-refractivity contribution is 5.64. The van der Waals surface area contributed by atoms with Crippen LogP contribution in [0.5, 0.6) is 0 Å². The summed E-state index contributed by atoms with van der Waals surface area (Å²) in [6, 6.07) is 8.39. The van der Waals surface area contributed by atoms with Gasteiger partial charge in [0, 0.05) is 42.4 Å². The Hall–Kier alpha value is -3.26. The molecule has 0 radical (unpaired) electrons. The van der Waals surface area contributed by atoms with Crippen molar-refractivity contribution in [2.24, 2.45) is 0 Å². The normalized spacial score (nSPS) is 17.0. The highest BCUT2D eigenvalue weighted by atomic mass is 16.3. The first-order valence-electron chi connectivity index (χ1n) is 11.4. The summed E-state index contributed by atoms with van der Waals surface area (Å²) in [7, 11) is 0. The lowest BCUT2D eigenvalue weighted by Gasteiger charge is -2.30. The minimum absolute atomic E-state index is 0.443. The van der Waals surface area contributed by atoms with E-state index in [-0.39, 0.29) is 0 Å². The topological polar surface area (TPSA) is 96.2 Å². The summed E-state index contributed by atoms with van der Waals surface area (Å²) in [5.41, 5.74) is 4.06. The number of carbonyl (C=O) groups excluding carboxylic acids is 1. The second-order valence-electron chi connectivity index (χ2n) is 8.52. The van der Waals surface area contributed by atoms with E-state index in [2.05, 4.69) is 20.5 Å². The fourth-order valence-electron chi connectivity index (χ4n) is 4.55. The van der Waals surface area contributed by atoms with Gasteiger partial charge < -0.3 is 19.8 Å². The van der Waals surface area contributed by atoms with Gasteiger partial charge in [0.25, 0.3) is 0 Å². The number of nitrogens with zero attached hydrogens (tertiary/aromatic N) is 4. The van der Waals surface area contributed by atoms with Crippen LogP contribution in [0.3, 0.4) is 0 Å². The van der Waals surface area contributed by atoms with Crippen molar-refractivity contribution >= 4 is 23.7 Å². The lowest BCUT2D eigenvalue weighted by Crippen LogP contribution is -2.34. The Balaban J connectivity index is 1.39. The molecule has 1 aliphatic heterocycles. The predicted octanol–water partition coefficient (Wildman–Crippen LogP) is 4.18. The number of anilines is 3. The summed E-state index contributed by atoms with van der Waals surface area (Å²) in [6.45, 7) is 1.98. The van der Waals surface area contributed by atoms with Gasteiger partial charge in [-0.1, -0.05) is 19.3 Å². The first-order chi connectivity index (χ1) is 15.8. The minimum Gasteiger partial charge on any atom is -0.444 e. The molecule has 0 amide bonds. The van der Waals surface area contributed by atoms with Crippen LogP contribution in [0.1, 0.15) is 43.4 Å². The molecule has 0 unspecified atom stereocenters. The standard InChI is InChI=1S/C24H28N6O2/c31-13-12-30-11-10-21-20(15-30)23(26-18-4-2-1-3-5-18)29-24(28-21)27-19-8-6-17(7-9-19)22-14-25-16-32-22/h6-9,13-14,16,18H,1-5,10-12,15H2,(H2,26,27,28,29). The molecule has 0 saturated heterocycles. The average Bonchev–Trinajstić information content (AvgIpc) is 3.36. The first kappa shape index (κ1) is 20.6. The van der Waals surface area contributed by atoms with Crippen molar-refractivity contribution in [3.8, 4) is 11.3 Å². The zero-order chi connectivity index (χ0) is 21.8. The van der Waals surface area contributed by atoms with Gasteiger partial charge in [0.2, 0.25) is 5.95 Å². The number of benzene rings is 1. The zero-order valence-corrected chi connectivity index (χ0v) is 18.1. The molecule has 8 nitrogen and oxygen atoms in total. The van der Waals surface area contributed by atoms with E-state index in [4.69, 9.17) is 14.4 Å². The SMILES string of the molecule is O=CCN1CCc2nc(Nc3ccc(-c4cnco4)cc3)nc(NC3CCCCC3)c2C1. The summed E-state index contributed by atoms with van der Waals surface area (Å²) < 4.78 is 5.36. The number of aromatic nitrogens is 3. The highest BCUT2D eigenvalue weighted by Crippen LogP contribution is 2.29. The molecular weight excluding hydrogens is 404 g/mol. The Bertz CT molecular complexity index is 1050. The van der Waals surface area contributed by atoms with Gasteiger partial charge in [0.15, 0.2) is 12.2 Å². The summed E-state index contributed by atoms with van der Waals surface area (Å²) >= 11 is 0. The smallest absolute Gasteiger partial charge is 0.229 e. The van der Waals surface area contributed by atoms with Gasteiger partial charge in [-0.2, -0.15) is 4.98 Å². The number of hydrogen-bond donors (Lipinski definition) is 2. The van der Waals surface area contributed by atoms with Crippen LogP contribution in [0, 0.1) is 0 Å². The molecule has 2 aliphatic rings. The lowest BCUT2D eigenvalue weighted by atomic mass is 9.95. The van der Waals surface area contributed by atoms with Gasteiger partial charge in [-0.25, -0.2) is 9.97 Å². The molecule has 1 aromatic carbocycles. The van der Waals surface area contributed by atoms with Gasteiger partial charge >= 0.3 is 0 Å². The minimum atomic E-state index is 0.443. The van der Waals surface area contributed by atoms with E-state index in [1.807, 2.05) is 24.3 Å². The summed E-state index contributed by atoms with van der Waals surface area (Å²) in [4.78, 5) is 26.8. The van der Waals surface area contributed by atoms with Crippen molar-refractivity contribution in [2.45, 2.75) is 51.1 Å². The molecule has 0 atom stereocenters. The van der Waals surface area contributed by atoms with Crippen LogP contribution < -0.4 is 10.6 Å². The van der Waals surface area contributed by atoms with Crippen molar-refractivity contribution in [1.82, 2.24) is 19.9 Å². The van der Waals surface area contributed by atoms with Gasteiger partial charge in [-0.05, 0) is 37.1 Å². The fraction of sp³-hybridized carbons (Fsp3) is 0.417. The summed E-state index contributed by atoms with van der Waals surface area (Å²) in [5.74, 6) is 2.23. The van der Waals surface area contributed by atoms with E-state index in [0.717, 1.165) is 53.3 Å². The van der Waals surface area contributed by atoms with Gasteiger partial charge in [0.05, 0.1) is 18.4 Å². The Labute approximate surface area is 187 Å². The molecule has 1 aliphatic carbocycles. The largest absolute Gasteiger partial charge is 0.444 e. The van der Waals surface area contributed by atoms with Crippen molar-refractivity contribution in [1.29, 1.82) is 0 Å². The fourth-order valence-corrected chi connectivity index (χ4v) is 4.55. The lowest BCUT2D eigenvalue weighted by molar-refractivity contribution is -0.109. The second kappa shape index (κ2) is 9.48. The third kappa shape index (κ3) is 4.65. The Morgan fingerprint density at radius 2 is 1.97 bits per heavy atom. The molecule has 1 saturated carbocycles. The van der Waals surface area contributed by atoms with Gasteiger partial charge in [-0.3, -0.25) is 4.90 Å². The van der Waals surface area contributed by atoms with Crippen molar-refractivity contribution in [3.05, 3.63) is 48.1 Å². The second-order valence-corrected chi connectivity index (χ2v) is 8.52. The van der Waals surface area contributed by atoms with Crippen molar-refractivity contribution in [3.63, 3.8) is 0 Å². The number of fused-ring (bicyclic) bond motifs is 1. The van der Waals surface area contributed by atoms with Crippen LogP contribution in [0.15, 0.2) is 41.3 Å². The summed E-state index contributed by atoms with van der Waals surface area (Å²) in [6.07, 6.45) is 11.1. The third-order valence-corrected chi connectivity index (χ3v) is 6.28. The predicted molar refractivity (Wildman–Crippen MR) is 123 cm³/mol. The monoisotopic (exact) mass is 432 g/mol. The maximum Gasteiger partial charge on any atom is 0.229 e. The Kier molecular flexibility index (Phi) is 6.11. The van der Waals surface area contributed by atoms with E-state index in [9.17, 15) is 4.79 Å². The molecule has 0 spiro atoms. The molecular formula is C24H28N6O2. The molecule has 3 aromatic rings. The molecule has 2 N–H and O–H groups in total. The van der Waals surface area contributed by atoms with Crippen LogP contribution in [-0.2, 0) is 17.8 Å². The highest BCUT2D eigenvalue weighted by Gasteiger charge is 2.24. The molecule has 3 heterocycles. The molecule has 1 fully saturated rings. The molecule has 32 heavy (non-hydrogen) atoms. The summed E-state index contributed by atoms with van der Waals surface area (Å²) in [5, 5.41) is 7.06. The number of carbonyl (C=O) groups is 1. The van der Waals surface area contributed by atoms with Gasteiger partial charge in [-0.15, -0.1) is 0 Å². The maximum absolute atomic E-state index is 11.0. The van der Waals surface area contributed by atoms with E-state index < -0.39 is 0 Å². The van der Waals surface area contributed by atoms with Crippen LogP contribution in [-0.4, -0.2) is 45.3 Å². The first-order valence-corrected chi connectivity index (χ1v) is 11.4. The van der Waals surface area contributed by atoms with Crippen LogP contribution in [0.2, 0.25) is 0 Å². The van der Waals surface area contributed by atoms with Crippen LogP contribution in [0.4, 0.5) is 17.5 Å². The number of oxazole rings is 1. The van der Waals surface area contributed by atoms with Crippen LogP contribution in [0.25, 0.3) is 11.3 Å². The van der Waals surface area contributed by atoms with E-state index in [1.165, 1.54) is 38.5 Å². The number of aldehydes is 1.